The Labute approximate surface area is 187 Å². The van der Waals surface area contributed by atoms with Crippen molar-refractivity contribution in [3.63, 3.8) is 0 Å². The summed E-state index contributed by atoms with van der Waals surface area (Å²) in [4.78, 5) is 16.7. The fraction of sp³-hybridized carbons (Fsp3) is 0.320. The second-order valence-corrected chi connectivity index (χ2v) is 8.73. The van der Waals surface area contributed by atoms with E-state index in [-0.39, 0.29) is 18.0 Å². The Morgan fingerprint density at radius 2 is 1.97 bits per heavy atom. The van der Waals surface area contributed by atoms with Crippen LogP contribution < -0.4 is 14.8 Å². The molecule has 2 atom stereocenters. The van der Waals surface area contributed by atoms with Crippen LogP contribution in [0.15, 0.2) is 60.0 Å². The van der Waals surface area contributed by atoms with Gasteiger partial charge in [0, 0.05) is 17.0 Å². The highest BCUT2D eigenvalue weighted by Crippen LogP contribution is 2.37. The monoisotopic (exact) mass is 436 g/mol. The van der Waals surface area contributed by atoms with Crippen molar-refractivity contribution in [3.05, 3.63) is 81.5 Å². The van der Waals surface area contributed by atoms with Gasteiger partial charge < -0.3 is 14.8 Å². The molecule has 0 bridgehead atoms. The molecule has 3 aromatic rings. The second-order valence-electron chi connectivity index (χ2n) is 7.73. The minimum atomic E-state index is -0.200. The summed E-state index contributed by atoms with van der Waals surface area (Å²) in [6, 6.07) is 18.2. The maximum Gasteiger partial charge on any atom is 0.234 e. The lowest BCUT2D eigenvalue weighted by Gasteiger charge is -2.36. The van der Waals surface area contributed by atoms with E-state index < -0.39 is 0 Å². The molecule has 0 fully saturated rings. The maximum atomic E-state index is 13.1. The number of thiophene rings is 1. The molecular weight excluding hydrogens is 408 g/mol. The van der Waals surface area contributed by atoms with Crippen LogP contribution in [0.1, 0.15) is 40.6 Å². The Morgan fingerprint density at radius 3 is 2.71 bits per heavy atom. The van der Waals surface area contributed by atoms with Gasteiger partial charge in [0.25, 0.3) is 0 Å². The number of methoxy groups -OCH3 is 2. The molecule has 0 saturated heterocycles. The van der Waals surface area contributed by atoms with Gasteiger partial charge >= 0.3 is 0 Å². The fourth-order valence-corrected chi connectivity index (χ4v) is 5.20. The van der Waals surface area contributed by atoms with E-state index in [2.05, 4.69) is 45.9 Å². The van der Waals surface area contributed by atoms with Crippen molar-refractivity contribution in [3.8, 4) is 11.5 Å². The molecule has 4 rings (SSSR count). The van der Waals surface area contributed by atoms with Gasteiger partial charge in [-0.25, -0.2) is 0 Å². The van der Waals surface area contributed by atoms with E-state index in [1.165, 1.54) is 16.0 Å². The van der Waals surface area contributed by atoms with Crippen LogP contribution in [0.4, 0.5) is 0 Å². The first-order valence-corrected chi connectivity index (χ1v) is 11.3. The van der Waals surface area contributed by atoms with Crippen LogP contribution in [-0.4, -0.2) is 38.1 Å². The molecule has 2 aromatic carbocycles. The van der Waals surface area contributed by atoms with Gasteiger partial charge in [0.2, 0.25) is 5.91 Å². The number of rotatable bonds is 7. The molecule has 1 aliphatic heterocycles. The van der Waals surface area contributed by atoms with Gasteiger partial charge in [0.1, 0.15) is 11.5 Å². The smallest absolute Gasteiger partial charge is 0.234 e. The van der Waals surface area contributed by atoms with Gasteiger partial charge in [-0.2, -0.15) is 0 Å². The third-order valence-electron chi connectivity index (χ3n) is 5.81. The summed E-state index contributed by atoms with van der Waals surface area (Å²) >= 11 is 1.81. The van der Waals surface area contributed by atoms with Crippen LogP contribution in [0.3, 0.4) is 0 Å². The van der Waals surface area contributed by atoms with Crippen LogP contribution in [0, 0.1) is 0 Å². The normalized spacial score (nSPS) is 16.9. The molecule has 0 saturated carbocycles. The van der Waals surface area contributed by atoms with Gasteiger partial charge in [0.15, 0.2) is 0 Å². The summed E-state index contributed by atoms with van der Waals surface area (Å²) < 4.78 is 10.8. The lowest BCUT2D eigenvalue weighted by molar-refractivity contribution is -0.123. The van der Waals surface area contributed by atoms with Crippen molar-refractivity contribution < 1.29 is 14.3 Å². The first kappa shape index (κ1) is 21.4. The third kappa shape index (κ3) is 4.60. The molecule has 2 heterocycles. The summed E-state index contributed by atoms with van der Waals surface area (Å²) in [5.41, 5.74) is 3.43. The molecule has 0 radical (unpaired) electrons. The Kier molecular flexibility index (Phi) is 6.59. The Balaban J connectivity index is 1.51. The molecule has 0 spiro atoms. The topological polar surface area (TPSA) is 50.8 Å². The van der Waals surface area contributed by atoms with Gasteiger partial charge in [0.05, 0.1) is 32.8 Å². The van der Waals surface area contributed by atoms with Crippen molar-refractivity contribution in [1.29, 1.82) is 0 Å². The van der Waals surface area contributed by atoms with Crippen LogP contribution in [0.5, 0.6) is 11.5 Å². The minimum Gasteiger partial charge on any atom is -0.497 e. The van der Waals surface area contributed by atoms with Gasteiger partial charge in [-0.3, -0.25) is 9.69 Å². The largest absolute Gasteiger partial charge is 0.497 e. The van der Waals surface area contributed by atoms with Crippen LogP contribution in [0.2, 0.25) is 0 Å². The fourth-order valence-electron chi connectivity index (χ4n) is 4.29. The molecule has 1 N–H and O–H groups in total. The average molecular weight is 437 g/mol. The van der Waals surface area contributed by atoms with Crippen molar-refractivity contribution in [2.75, 3.05) is 27.3 Å². The Morgan fingerprint density at radius 1 is 1.16 bits per heavy atom. The molecular formula is C25H28N2O3S. The summed E-state index contributed by atoms with van der Waals surface area (Å²) in [5, 5.41) is 5.30. The molecule has 0 aliphatic carbocycles. The summed E-state index contributed by atoms with van der Waals surface area (Å²) in [6.07, 6.45) is 0.975. The van der Waals surface area contributed by atoms with E-state index in [0.717, 1.165) is 30.0 Å². The molecule has 2 unspecified atom stereocenters. The zero-order chi connectivity index (χ0) is 21.8. The number of nitrogens with zero attached hydrogens (tertiary/aromatic N) is 1. The highest BCUT2D eigenvalue weighted by Gasteiger charge is 2.31. The van der Waals surface area contributed by atoms with Gasteiger partial charge in [-0.1, -0.05) is 30.3 Å². The van der Waals surface area contributed by atoms with Crippen molar-refractivity contribution >= 4 is 17.2 Å². The van der Waals surface area contributed by atoms with E-state index in [4.69, 9.17) is 9.47 Å². The molecule has 5 nitrogen and oxygen atoms in total. The van der Waals surface area contributed by atoms with Crippen molar-refractivity contribution in [2.24, 2.45) is 0 Å². The summed E-state index contributed by atoms with van der Waals surface area (Å²) in [6.45, 7) is 3.17. The number of ether oxygens (including phenoxy) is 2. The van der Waals surface area contributed by atoms with Crippen molar-refractivity contribution in [1.82, 2.24) is 10.2 Å². The standard InChI is InChI=1S/C25H28N2O3S/c1-17(21-15-19(29-2)9-10-22(21)30-3)26-24(28)16-27-13-11-23-20(12-14-31-23)25(27)18-7-5-4-6-8-18/h4-10,12,14-15,17,25H,11,13,16H2,1-3H3,(H,26,28). The zero-order valence-electron chi connectivity index (χ0n) is 18.1. The number of amides is 1. The molecule has 6 heteroatoms. The number of hydrogen-bond donors (Lipinski definition) is 1. The predicted octanol–water partition coefficient (Wildman–Crippen LogP) is 4.59. The van der Waals surface area contributed by atoms with Crippen LogP contribution in [0.25, 0.3) is 0 Å². The molecule has 1 aliphatic rings. The summed E-state index contributed by atoms with van der Waals surface area (Å²) in [5.74, 6) is 1.47. The quantitative estimate of drug-likeness (QED) is 0.589. The van der Waals surface area contributed by atoms with E-state index in [9.17, 15) is 4.79 Å². The average Bonchev–Trinajstić information content (AvgIpc) is 3.27. The third-order valence-corrected chi connectivity index (χ3v) is 6.81. The van der Waals surface area contributed by atoms with Gasteiger partial charge in [-0.05, 0) is 54.1 Å². The minimum absolute atomic E-state index is 0.00279. The number of nitrogens with one attached hydrogen (secondary N) is 1. The van der Waals surface area contributed by atoms with E-state index in [1.54, 1.807) is 14.2 Å². The first-order valence-electron chi connectivity index (χ1n) is 10.5. The van der Waals surface area contributed by atoms with Crippen LogP contribution in [-0.2, 0) is 11.2 Å². The van der Waals surface area contributed by atoms with E-state index in [1.807, 2.05) is 42.5 Å². The molecule has 1 amide bonds. The lowest BCUT2D eigenvalue weighted by atomic mass is 9.93. The highest BCUT2D eigenvalue weighted by molar-refractivity contribution is 7.10. The molecule has 1 aromatic heterocycles. The van der Waals surface area contributed by atoms with Crippen molar-refractivity contribution in [2.45, 2.75) is 25.4 Å². The van der Waals surface area contributed by atoms with E-state index >= 15 is 0 Å². The van der Waals surface area contributed by atoms with Gasteiger partial charge in [-0.15, -0.1) is 11.3 Å². The number of fused-ring (bicyclic) bond motifs is 1. The van der Waals surface area contributed by atoms with Crippen LogP contribution >= 0.6 is 11.3 Å². The second kappa shape index (κ2) is 9.54. The number of carbonyl (C=O) groups excluding carboxylic acids is 1. The number of carbonyl (C=O) groups is 1. The number of hydrogen-bond acceptors (Lipinski definition) is 5. The predicted molar refractivity (Wildman–Crippen MR) is 124 cm³/mol. The molecule has 162 valence electrons. The SMILES string of the molecule is COc1ccc(OC)c(C(C)NC(=O)CN2CCc3sccc3C2c2ccccc2)c1. The Bertz CT molecular complexity index is 1030. The summed E-state index contributed by atoms with van der Waals surface area (Å²) in [7, 11) is 3.27. The first-order chi connectivity index (χ1) is 15.1. The highest BCUT2D eigenvalue weighted by atomic mass is 32.1. The zero-order valence-corrected chi connectivity index (χ0v) is 18.9. The lowest BCUT2D eigenvalue weighted by Crippen LogP contribution is -2.43. The molecule has 31 heavy (non-hydrogen) atoms. The Hall–Kier alpha value is -2.83. The van der Waals surface area contributed by atoms with E-state index in [0.29, 0.717) is 6.54 Å². The number of benzene rings is 2. The maximum absolute atomic E-state index is 13.1.